The summed E-state index contributed by atoms with van der Waals surface area (Å²) in [6.07, 6.45) is 0. The van der Waals surface area contributed by atoms with Gasteiger partial charge in [0, 0.05) is 55.1 Å². The maximum absolute atomic E-state index is 11.7. The molecule has 10 nitrogen and oxygen atoms in total. The molecule has 3 aromatic rings. The summed E-state index contributed by atoms with van der Waals surface area (Å²) in [6.45, 7) is 11.6. The largest absolute Gasteiger partial charge is 0.446 e. The van der Waals surface area contributed by atoms with E-state index in [1.165, 1.54) is 12.1 Å². The van der Waals surface area contributed by atoms with Crippen LogP contribution in [0.15, 0.2) is 66.7 Å². The second-order valence-corrected chi connectivity index (χ2v) is 10.7. The summed E-state index contributed by atoms with van der Waals surface area (Å²) < 4.78 is 73.9. The predicted octanol–water partition coefficient (Wildman–Crippen LogP) is 4.92. The van der Waals surface area contributed by atoms with Crippen LogP contribution in [0, 0.1) is 0 Å². The van der Waals surface area contributed by atoms with Crippen LogP contribution in [0.25, 0.3) is 0 Å². The van der Waals surface area contributed by atoms with Gasteiger partial charge in [-0.1, -0.05) is 30.3 Å². The molecule has 0 aliphatic carbocycles. The van der Waals surface area contributed by atoms with Crippen LogP contribution in [-0.2, 0) is 20.8 Å². The molecule has 212 valence electrons. The monoisotopic (exact) mass is 578 g/mol. The maximum atomic E-state index is 11.7. The van der Waals surface area contributed by atoms with Crippen molar-refractivity contribution in [3.63, 3.8) is 0 Å². The fourth-order valence-electron chi connectivity index (χ4n) is 4.60. The first-order chi connectivity index (χ1) is 18.4. The van der Waals surface area contributed by atoms with Crippen molar-refractivity contribution in [1.29, 1.82) is 0 Å². The van der Waals surface area contributed by atoms with Gasteiger partial charge in [0.05, 0.1) is 0 Å². The Bertz CT molecular complexity index is 1400. The molecule has 0 saturated heterocycles. The number of anilines is 2. The molecule has 0 radical (unpaired) electrons. The fraction of sp³-hybridized carbons (Fsp3) is 0.333. The normalized spacial score (nSPS) is 11.9. The smallest absolute Gasteiger partial charge is 0.372 e. The van der Waals surface area contributed by atoms with Crippen molar-refractivity contribution < 1.29 is 34.3 Å². The van der Waals surface area contributed by atoms with E-state index >= 15 is 0 Å². The van der Waals surface area contributed by atoms with E-state index in [4.69, 9.17) is 8.74 Å². The Hall–Kier alpha value is -3.32. The number of hydrogen-bond acceptors (Lipinski definition) is 8. The first kappa shape index (κ1) is 30.2. The number of hydrogen-bond donors (Lipinski definition) is 2. The third-order valence-corrected chi connectivity index (χ3v) is 7.20. The van der Waals surface area contributed by atoms with Crippen LogP contribution in [0.3, 0.4) is 0 Å². The lowest BCUT2D eigenvalue weighted by Gasteiger charge is -2.25. The van der Waals surface area contributed by atoms with E-state index in [2.05, 4.69) is 41.7 Å². The minimum atomic E-state index is -4.99. The molecule has 0 fully saturated rings. The molecular formula is C27H34N2O8S2. The molecule has 0 spiro atoms. The third kappa shape index (κ3) is 8.09. The quantitative estimate of drug-likeness (QED) is 0.213. The number of benzene rings is 3. The predicted molar refractivity (Wildman–Crippen MR) is 152 cm³/mol. The maximum Gasteiger partial charge on any atom is 0.446 e. The second-order valence-electron chi connectivity index (χ2n) is 8.68. The molecule has 0 aromatic heterocycles. The van der Waals surface area contributed by atoms with Crippen LogP contribution in [0.4, 0.5) is 11.4 Å². The lowest BCUT2D eigenvalue weighted by atomic mass is 9.84. The van der Waals surface area contributed by atoms with Gasteiger partial charge in [-0.05, 0) is 69.2 Å². The van der Waals surface area contributed by atoms with Crippen molar-refractivity contribution in [2.75, 3.05) is 36.0 Å². The zero-order valence-corrected chi connectivity index (χ0v) is 23.9. The van der Waals surface area contributed by atoms with E-state index in [9.17, 15) is 21.4 Å². The molecule has 2 N–H and O–H groups in total. The van der Waals surface area contributed by atoms with E-state index < -0.39 is 32.5 Å². The molecule has 0 saturated carbocycles. The van der Waals surface area contributed by atoms with Crippen LogP contribution in [0.5, 0.6) is 11.5 Å². The minimum Gasteiger partial charge on any atom is -0.372 e. The molecule has 0 aliphatic rings. The van der Waals surface area contributed by atoms with E-state index in [0.717, 1.165) is 54.7 Å². The Balaban J connectivity index is 2.21. The molecule has 0 atom stereocenters. The van der Waals surface area contributed by atoms with Crippen LogP contribution in [-0.4, -0.2) is 52.1 Å². The molecule has 3 rings (SSSR count). The van der Waals surface area contributed by atoms with Gasteiger partial charge in [0.25, 0.3) is 0 Å². The number of nitrogens with zero attached hydrogens (tertiary/aromatic N) is 2. The highest BCUT2D eigenvalue weighted by Crippen LogP contribution is 2.40. The summed E-state index contributed by atoms with van der Waals surface area (Å²) in [6, 6.07) is 19.3. The SMILES string of the molecule is CCN(CC)c1ccc(C(c2ccc(N(CC)CC)cc2)c2ccc(OS(=O)(=O)O)cc2OS(=O)(=O)O)cc1. The average molecular weight is 579 g/mol. The summed E-state index contributed by atoms with van der Waals surface area (Å²) in [5, 5.41) is 0. The summed E-state index contributed by atoms with van der Waals surface area (Å²) in [4.78, 5) is 4.37. The highest BCUT2D eigenvalue weighted by molar-refractivity contribution is 7.81. The highest BCUT2D eigenvalue weighted by Gasteiger charge is 2.25. The van der Waals surface area contributed by atoms with Gasteiger partial charge in [-0.15, -0.1) is 0 Å². The first-order valence-electron chi connectivity index (χ1n) is 12.6. The van der Waals surface area contributed by atoms with Crippen LogP contribution in [0.1, 0.15) is 50.3 Å². The van der Waals surface area contributed by atoms with Gasteiger partial charge in [-0.25, -0.2) is 0 Å². The summed E-state index contributed by atoms with van der Waals surface area (Å²) >= 11 is 0. The van der Waals surface area contributed by atoms with Crippen molar-refractivity contribution >= 4 is 32.2 Å². The molecule has 12 heteroatoms. The Morgan fingerprint density at radius 3 is 1.41 bits per heavy atom. The van der Waals surface area contributed by atoms with E-state index in [1.54, 1.807) is 0 Å². The van der Waals surface area contributed by atoms with E-state index in [0.29, 0.717) is 5.56 Å². The molecule has 0 amide bonds. The standard InChI is InChI=1S/C27H34N2O8S2/c1-5-28(6-2)22-13-9-20(10-14-22)27(21-11-15-23(16-12-21)29(7-3)8-4)25-18-17-24(36-38(30,31)32)19-26(25)37-39(33,34)35/h9-19,27H,5-8H2,1-4H3,(H,30,31,32)(H,33,34,35). The lowest BCUT2D eigenvalue weighted by molar-refractivity contribution is 0.380. The fourth-order valence-corrected chi connectivity index (χ4v) is 5.31. The Kier molecular flexibility index (Phi) is 9.83. The van der Waals surface area contributed by atoms with Gasteiger partial charge in [-0.3, -0.25) is 9.11 Å². The average Bonchev–Trinajstić information content (AvgIpc) is 2.87. The number of rotatable bonds is 13. The van der Waals surface area contributed by atoms with E-state index in [-0.39, 0.29) is 5.75 Å². The van der Waals surface area contributed by atoms with Crippen LogP contribution in [0.2, 0.25) is 0 Å². The highest BCUT2D eigenvalue weighted by atomic mass is 32.3. The lowest BCUT2D eigenvalue weighted by Crippen LogP contribution is -2.22. The van der Waals surface area contributed by atoms with Gasteiger partial charge >= 0.3 is 20.8 Å². The Morgan fingerprint density at radius 2 is 1.05 bits per heavy atom. The Morgan fingerprint density at radius 1 is 0.641 bits per heavy atom. The van der Waals surface area contributed by atoms with E-state index in [1.807, 2.05) is 48.5 Å². The first-order valence-corrected chi connectivity index (χ1v) is 15.3. The molecule has 39 heavy (non-hydrogen) atoms. The van der Waals surface area contributed by atoms with Crippen molar-refractivity contribution in [3.8, 4) is 11.5 Å². The van der Waals surface area contributed by atoms with Crippen LogP contribution >= 0.6 is 0 Å². The molecule has 0 aliphatic heterocycles. The third-order valence-electron chi connectivity index (χ3n) is 6.40. The van der Waals surface area contributed by atoms with Crippen LogP contribution < -0.4 is 18.2 Å². The van der Waals surface area contributed by atoms with Gasteiger partial charge in [0.2, 0.25) is 0 Å². The molecule has 0 heterocycles. The Labute approximate surface area is 230 Å². The van der Waals surface area contributed by atoms with Gasteiger partial charge in [-0.2, -0.15) is 16.8 Å². The molecule has 0 unspecified atom stereocenters. The van der Waals surface area contributed by atoms with Crippen molar-refractivity contribution in [2.45, 2.75) is 33.6 Å². The minimum absolute atomic E-state index is 0.321. The topological polar surface area (TPSA) is 134 Å². The zero-order chi connectivity index (χ0) is 28.8. The van der Waals surface area contributed by atoms with Gasteiger partial charge in [0.1, 0.15) is 5.75 Å². The zero-order valence-electron chi connectivity index (χ0n) is 22.3. The second kappa shape index (κ2) is 12.7. The summed E-state index contributed by atoms with van der Waals surface area (Å²) in [7, 11) is -9.88. The molecular weight excluding hydrogens is 544 g/mol. The summed E-state index contributed by atoms with van der Waals surface area (Å²) in [5.74, 6) is -1.32. The van der Waals surface area contributed by atoms with Gasteiger partial charge in [0.15, 0.2) is 5.75 Å². The van der Waals surface area contributed by atoms with Crippen molar-refractivity contribution in [2.24, 2.45) is 0 Å². The molecule has 3 aromatic carbocycles. The van der Waals surface area contributed by atoms with Gasteiger partial charge < -0.3 is 18.2 Å². The summed E-state index contributed by atoms with van der Waals surface area (Å²) in [5.41, 5.74) is 3.95. The molecule has 0 bridgehead atoms. The van der Waals surface area contributed by atoms with Crippen molar-refractivity contribution in [1.82, 2.24) is 0 Å². The van der Waals surface area contributed by atoms with Crippen molar-refractivity contribution in [3.05, 3.63) is 83.4 Å².